The van der Waals surface area contributed by atoms with Crippen LogP contribution in [0.25, 0.3) is 0 Å². The average molecular weight is 367 g/mol. The predicted octanol–water partition coefficient (Wildman–Crippen LogP) is 2.38. The Hall–Kier alpha value is -1.67. The Morgan fingerprint density at radius 1 is 1.27 bits per heavy atom. The Kier molecular flexibility index (Phi) is 4.56. The number of methoxy groups -OCH3 is 1. The van der Waals surface area contributed by atoms with Crippen LogP contribution in [0.2, 0.25) is 0 Å². The van der Waals surface area contributed by atoms with E-state index in [1.54, 1.807) is 18.2 Å². The molecule has 3 rings (SSSR count). The summed E-state index contributed by atoms with van der Waals surface area (Å²) in [7, 11) is 0.881. The Morgan fingerprint density at radius 2 is 1.85 bits per heavy atom. The van der Waals surface area contributed by atoms with E-state index in [-0.39, 0.29) is 18.5 Å². The number of halogens is 2. The fraction of sp³-hybridized carbons (Fsp3) is 0.611. The van der Waals surface area contributed by atoms with Gasteiger partial charge in [-0.15, -0.1) is 0 Å². The van der Waals surface area contributed by atoms with Crippen molar-refractivity contribution in [3.05, 3.63) is 23.8 Å². The molecule has 26 heavy (non-hydrogen) atoms. The number of nitrogens with one attached hydrogen (secondary N) is 1. The predicted molar refractivity (Wildman–Crippen MR) is 94.1 cm³/mol. The first-order chi connectivity index (χ1) is 12.0. The van der Waals surface area contributed by atoms with Gasteiger partial charge in [-0.05, 0) is 45.3 Å². The number of hydrogen-bond acceptors (Lipinski definition) is 4. The Labute approximate surface area is 152 Å². The van der Waals surface area contributed by atoms with Gasteiger partial charge in [-0.2, -0.15) is 0 Å². The quantitative estimate of drug-likeness (QED) is 0.812. The van der Waals surface area contributed by atoms with Crippen LogP contribution in [0.4, 0.5) is 8.78 Å². The summed E-state index contributed by atoms with van der Waals surface area (Å²) in [6.45, 7) is 7.78. The zero-order chi connectivity index (χ0) is 19.3. The van der Waals surface area contributed by atoms with Crippen molar-refractivity contribution >= 4 is 18.5 Å². The van der Waals surface area contributed by atoms with Gasteiger partial charge in [-0.1, -0.05) is 6.07 Å². The van der Waals surface area contributed by atoms with Gasteiger partial charge in [0.2, 0.25) is 0 Å². The summed E-state index contributed by atoms with van der Waals surface area (Å²) in [4.78, 5) is 12.3. The molecular weight excluding hydrogens is 343 g/mol. The molecule has 0 radical (unpaired) electrons. The fourth-order valence-corrected chi connectivity index (χ4v) is 2.82. The van der Waals surface area contributed by atoms with E-state index in [4.69, 9.17) is 14.0 Å². The molecule has 0 spiro atoms. The van der Waals surface area contributed by atoms with E-state index in [0.29, 0.717) is 5.75 Å². The van der Waals surface area contributed by atoms with Gasteiger partial charge in [0.05, 0.1) is 23.9 Å². The summed E-state index contributed by atoms with van der Waals surface area (Å²) in [5, 5.41) is 2.54. The molecule has 2 fully saturated rings. The van der Waals surface area contributed by atoms with Crippen molar-refractivity contribution < 1.29 is 27.6 Å². The average Bonchev–Trinajstić information content (AvgIpc) is 3.10. The molecule has 1 heterocycles. The highest BCUT2D eigenvalue weighted by molar-refractivity contribution is 6.62. The molecule has 8 heteroatoms. The van der Waals surface area contributed by atoms with Crippen molar-refractivity contribution in [1.82, 2.24) is 5.32 Å². The maximum absolute atomic E-state index is 12.9. The number of benzene rings is 1. The van der Waals surface area contributed by atoms with E-state index >= 15 is 0 Å². The molecule has 1 aliphatic heterocycles. The summed E-state index contributed by atoms with van der Waals surface area (Å²) in [6, 6.07) is 5.01. The monoisotopic (exact) mass is 367 g/mol. The second-order valence-corrected chi connectivity index (χ2v) is 7.92. The van der Waals surface area contributed by atoms with Crippen LogP contribution in [0.15, 0.2) is 18.2 Å². The molecule has 1 aromatic rings. The standard InChI is InChI=1S/C18H24BF2NO4/c1-16(2)17(3,4)26-19(25-16)12-6-7-13(14(8-12)24-5)15(23)22-10-11-9-18(11,20)21/h6-8,11H,9-10H2,1-5H3,(H,22,23). The Balaban J connectivity index is 1.73. The van der Waals surface area contributed by atoms with Gasteiger partial charge in [-0.3, -0.25) is 4.79 Å². The van der Waals surface area contributed by atoms with Crippen LogP contribution in [-0.4, -0.2) is 43.8 Å². The SMILES string of the molecule is COc1cc(B2OC(C)(C)C(C)(C)O2)ccc1C(=O)NCC1CC1(F)F. The molecule has 1 amide bonds. The number of rotatable bonds is 5. The van der Waals surface area contributed by atoms with Gasteiger partial charge < -0.3 is 19.4 Å². The van der Waals surface area contributed by atoms with Crippen LogP contribution in [0.5, 0.6) is 5.75 Å². The van der Waals surface area contributed by atoms with Gasteiger partial charge in [0.25, 0.3) is 11.8 Å². The molecule has 5 nitrogen and oxygen atoms in total. The molecule has 1 aliphatic carbocycles. The lowest BCUT2D eigenvalue weighted by atomic mass is 9.78. The molecule has 1 saturated carbocycles. The minimum Gasteiger partial charge on any atom is -0.496 e. The first-order valence-corrected chi connectivity index (χ1v) is 8.66. The minimum atomic E-state index is -2.65. The number of amides is 1. The zero-order valence-corrected chi connectivity index (χ0v) is 15.7. The largest absolute Gasteiger partial charge is 0.496 e. The highest BCUT2D eigenvalue weighted by Crippen LogP contribution is 2.48. The second kappa shape index (κ2) is 6.20. The van der Waals surface area contributed by atoms with Crippen molar-refractivity contribution in [2.45, 2.75) is 51.2 Å². The first-order valence-electron chi connectivity index (χ1n) is 8.66. The van der Waals surface area contributed by atoms with E-state index in [0.717, 1.165) is 5.46 Å². The minimum absolute atomic E-state index is 0.0477. The van der Waals surface area contributed by atoms with Crippen molar-refractivity contribution in [3.63, 3.8) is 0 Å². The summed E-state index contributed by atoms with van der Waals surface area (Å²) < 4.78 is 43.2. The lowest BCUT2D eigenvalue weighted by Gasteiger charge is -2.32. The molecule has 1 saturated heterocycles. The van der Waals surface area contributed by atoms with Gasteiger partial charge in [0.15, 0.2) is 0 Å². The summed E-state index contributed by atoms with van der Waals surface area (Å²) in [5.74, 6) is -3.53. The summed E-state index contributed by atoms with van der Waals surface area (Å²) in [5.41, 5.74) is 0.0647. The van der Waals surface area contributed by atoms with Gasteiger partial charge >= 0.3 is 7.12 Å². The maximum Gasteiger partial charge on any atom is 0.494 e. The molecule has 142 valence electrons. The summed E-state index contributed by atoms with van der Waals surface area (Å²) in [6.07, 6.45) is -0.175. The molecule has 1 unspecified atom stereocenters. The lowest BCUT2D eigenvalue weighted by Crippen LogP contribution is -2.41. The molecule has 0 aromatic heterocycles. The highest BCUT2D eigenvalue weighted by Gasteiger charge is 2.56. The van der Waals surface area contributed by atoms with Crippen LogP contribution in [-0.2, 0) is 9.31 Å². The van der Waals surface area contributed by atoms with Crippen LogP contribution in [0.3, 0.4) is 0 Å². The molecule has 2 aliphatic rings. The van der Waals surface area contributed by atoms with E-state index in [1.165, 1.54) is 7.11 Å². The topological polar surface area (TPSA) is 56.8 Å². The van der Waals surface area contributed by atoms with Crippen molar-refractivity contribution in [2.24, 2.45) is 5.92 Å². The van der Waals surface area contributed by atoms with E-state index in [2.05, 4.69) is 5.32 Å². The molecular formula is C18H24BF2NO4. The number of alkyl halides is 2. The van der Waals surface area contributed by atoms with Crippen molar-refractivity contribution in [2.75, 3.05) is 13.7 Å². The van der Waals surface area contributed by atoms with E-state index < -0.39 is 36.1 Å². The highest BCUT2D eigenvalue weighted by atomic mass is 19.3. The third kappa shape index (κ3) is 3.44. The number of hydrogen-bond donors (Lipinski definition) is 1. The smallest absolute Gasteiger partial charge is 0.494 e. The third-order valence-electron chi connectivity index (χ3n) is 5.46. The van der Waals surface area contributed by atoms with Gasteiger partial charge in [0.1, 0.15) is 5.75 Å². The summed E-state index contributed by atoms with van der Waals surface area (Å²) >= 11 is 0. The van der Waals surface area contributed by atoms with Crippen LogP contribution >= 0.6 is 0 Å². The number of ether oxygens (including phenoxy) is 1. The molecule has 1 aromatic carbocycles. The third-order valence-corrected chi connectivity index (χ3v) is 5.46. The molecule has 1 N–H and O–H groups in total. The van der Waals surface area contributed by atoms with Crippen LogP contribution in [0, 0.1) is 5.92 Å². The van der Waals surface area contributed by atoms with Crippen LogP contribution < -0.4 is 15.5 Å². The van der Waals surface area contributed by atoms with Gasteiger partial charge in [-0.25, -0.2) is 8.78 Å². The second-order valence-electron chi connectivity index (χ2n) is 7.92. The Bertz CT molecular complexity index is 707. The normalized spacial score (nSPS) is 25.0. The Morgan fingerprint density at radius 3 is 2.35 bits per heavy atom. The van der Waals surface area contributed by atoms with Crippen LogP contribution in [0.1, 0.15) is 44.5 Å². The maximum atomic E-state index is 12.9. The molecule has 1 atom stereocenters. The number of carbonyl (C=O) groups is 1. The van der Waals surface area contributed by atoms with Crippen molar-refractivity contribution in [1.29, 1.82) is 0 Å². The van der Waals surface area contributed by atoms with Crippen molar-refractivity contribution in [3.8, 4) is 5.75 Å². The lowest BCUT2D eigenvalue weighted by molar-refractivity contribution is 0.00578. The zero-order valence-electron chi connectivity index (χ0n) is 15.7. The molecule has 0 bridgehead atoms. The van der Waals surface area contributed by atoms with E-state index in [9.17, 15) is 13.6 Å². The first kappa shape index (κ1) is 19.1. The van der Waals surface area contributed by atoms with E-state index in [1.807, 2.05) is 27.7 Å². The number of carbonyl (C=O) groups excluding carboxylic acids is 1. The van der Waals surface area contributed by atoms with Gasteiger partial charge in [0, 0.05) is 18.9 Å². The fourth-order valence-electron chi connectivity index (χ4n) is 2.82.